The van der Waals surface area contributed by atoms with Gasteiger partial charge in [-0.25, -0.2) is 0 Å². The SMILES string of the molecule is O=C(COC(=O)CCC(=O)Nc1cc(Cl)ccc1Cl)Nc1ccc(Oc2ccccc2)cc1. The van der Waals surface area contributed by atoms with Crippen LogP contribution < -0.4 is 15.4 Å². The minimum atomic E-state index is -0.677. The largest absolute Gasteiger partial charge is 0.457 e. The van der Waals surface area contributed by atoms with Crippen molar-refractivity contribution < 1.29 is 23.9 Å². The first-order valence-electron chi connectivity index (χ1n) is 9.92. The summed E-state index contributed by atoms with van der Waals surface area (Å²) in [5, 5.41) is 5.93. The Balaban J connectivity index is 1.37. The fourth-order valence-electron chi connectivity index (χ4n) is 2.67. The third-order valence-electron chi connectivity index (χ3n) is 4.24. The average Bonchev–Trinajstić information content (AvgIpc) is 2.81. The molecule has 170 valence electrons. The highest BCUT2D eigenvalue weighted by Crippen LogP contribution is 2.25. The van der Waals surface area contributed by atoms with Crippen LogP contribution in [0.15, 0.2) is 72.8 Å². The molecule has 0 saturated carbocycles. The third kappa shape index (κ3) is 8.14. The summed E-state index contributed by atoms with van der Waals surface area (Å²) < 4.78 is 10.6. The lowest BCUT2D eigenvalue weighted by molar-refractivity contribution is -0.147. The van der Waals surface area contributed by atoms with Crippen molar-refractivity contribution in [3.8, 4) is 11.5 Å². The van der Waals surface area contributed by atoms with E-state index in [9.17, 15) is 14.4 Å². The van der Waals surface area contributed by atoms with Gasteiger partial charge in [0.15, 0.2) is 6.61 Å². The second kappa shape index (κ2) is 11.9. The zero-order valence-corrected chi connectivity index (χ0v) is 18.9. The molecule has 2 N–H and O–H groups in total. The number of ether oxygens (including phenoxy) is 2. The number of rotatable bonds is 9. The molecule has 3 aromatic rings. The van der Waals surface area contributed by atoms with Crippen molar-refractivity contribution in [1.29, 1.82) is 0 Å². The van der Waals surface area contributed by atoms with Crippen LogP contribution in [0.2, 0.25) is 10.0 Å². The van der Waals surface area contributed by atoms with E-state index in [0.29, 0.717) is 32.9 Å². The van der Waals surface area contributed by atoms with Gasteiger partial charge in [-0.1, -0.05) is 41.4 Å². The summed E-state index contributed by atoms with van der Waals surface area (Å²) in [4.78, 5) is 35.9. The Morgan fingerprint density at radius 3 is 2.18 bits per heavy atom. The minimum Gasteiger partial charge on any atom is -0.457 e. The van der Waals surface area contributed by atoms with Crippen LogP contribution in [0.25, 0.3) is 0 Å². The van der Waals surface area contributed by atoms with Crippen molar-refractivity contribution in [3.05, 3.63) is 82.8 Å². The number of halogens is 2. The topological polar surface area (TPSA) is 93.7 Å². The Labute approximate surface area is 200 Å². The molecule has 0 unspecified atom stereocenters. The van der Waals surface area contributed by atoms with Gasteiger partial charge < -0.3 is 20.1 Å². The number of benzene rings is 3. The summed E-state index contributed by atoms with van der Waals surface area (Å²) in [6.07, 6.45) is -0.324. The zero-order chi connectivity index (χ0) is 23.6. The Morgan fingerprint density at radius 2 is 1.45 bits per heavy atom. The Kier molecular flexibility index (Phi) is 8.69. The maximum absolute atomic E-state index is 12.0. The summed E-state index contributed by atoms with van der Waals surface area (Å²) in [6, 6.07) is 20.7. The van der Waals surface area contributed by atoms with Crippen molar-refractivity contribution in [2.24, 2.45) is 0 Å². The van der Waals surface area contributed by atoms with Crippen LogP contribution in [-0.2, 0) is 19.1 Å². The number of hydrogen-bond donors (Lipinski definition) is 2. The monoisotopic (exact) mass is 486 g/mol. The lowest BCUT2D eigenvalue weighted by atomic mass is 10.2. The van der Waals surface area contributed by atoms with Gasteiger partial charge >= 0.3 is 5.97 Å². The Hall–Kier alpha value is -3.55. The van der Waals surface area contributed by atoms with Crippen LogP contribution in [0, 0.1) is 0 Å². The predicted molar refractivity (Wildman–Crippen MR) is 127 cm³/mol. The van der Waals surface area contributed by atoms with Crippen molar-refractivity contribution in [1.82, 2.24) is 0 Å². The van der Waals surface area contributed by atoms with Gasteiger partial charge in [0.2, 0.25) is 5.91 Å². The molecule has 0 atom stereocenters. The summed E-state index contributed by atoms with van der Waals surface area (Å²) in [5.41, 5.74) is 0.872. The van der Waals surface area contributed by atoms with Gasteiger partial charge in [-0.3, -0.25) is 14.4 Å². The van der Waals surface area contributed by atoms with E-state index in [1.165, 1.54) is 6.07 Å². The summed E-state index contributed by atoms with van der Waals surface area (Å²) in [7, 11) is 0. The highest BCUT2D eigenvalue weighted by Gasteiger charge is 2.12. The number of carbonyl (C=O) groups is 3. The van der Waals surface area contributed by atoms with Crippen molar-refractivity contribution >= 4 is 52.4 Å². The Morgan fingerprint density at radius 1 is 0.758 bits per heavy atom. The number of para-hydroxylation sites is 1. The number of carbonyl (C=O) groups excluding carboxylic acids is 3. The van der Waals surface area contributed by atoms with Crippen LogP contribution in [0.3, 0.4) is 0 Å². The van der Waals surface area contributed by atoms with Gasteiger partial charge in [0.05, 0.1) is 17.1 Å². The number of amides is 2. The average molecular weight is 487 g/mol. The summed E-state index contributed by atoms with van der Waals surface area (Å²) in [6.45, 7) is -0.469. The standard InChI is InChI=1S/C24H20Cl2N2O5/c25-16-6-11-20(26)21(14-16)28-22(29)12-13-24(31)32-15-23(30)27-17-7-9-19(10-8-17)33-18-4-2-1-3-5-18/h1-11,14H,12-13,15H2,(H,27,30)(H,28,29). The van der Waals surface area contributed by atoms with E-state index < -0.39 is 24.4 Å². The quantitative estimate of drug-likeness (QED) is 0.379. The first kappa shape index (κ1) is 24.1. The fourth-order valence-corrected chi connectivity index (χ4v) is 3.00. The normalized spacial score (nSPS) is 10.2. The molecule has 0 radical (unpaired) electrons. The van der Waals surface area contributed by atoms with Crippen LogP contribution in [0.5, 0.6) is 11.5 Å². The highest BCUT2D eigenvalue weighted by molar-refractivity contribution is 6.35. The van der Waals surface area contributed by atoms with E-state index in [2.05, 4.69) is 10.6 Å². The minimum absolute atomic E-state index is 0.133. The third-order valence-corrected chi connectivity index (χ3v) is 4.80. The van der Waals surface area contributed by atoms with Crippen molar-refractivity contribution in [3.63, 3.8) is 0 Å². The molecule has 3 rings (SSSR count). The van der Waals surface area contributed by atoms with E-state index >= 15 is 0 Å². The maximum Gasteiger partial charge on any atom is 0.306 e. The second-order valence-corrected chi connectivity index (χ2v) is 7.66. The van der Waals surface area contributed by atoms with Crippen molar-refractivity contribution in [2.75, 3.05) is 17.2 Å². The molecule has 0 bridgehead atoms. The van der Waals surface area contributed by atoms with Gasteiger partial charge in [0.1, 0.15) is 11.5 Å². The molecule has 0 aliphatic rings. The van der Waals surface area contributed by atoms with E-state index in [1.807, 2.05) is 30.3 Å². The highest BCUT2D eigenvalue weighted by atomic mass is 35.5. The number of esters is 1. The number of anilines is 2. The van der Waals surface area contributed by atoms with Crippen LogP contribution in [0.1, 0.15) is 12.8 Å². The Bertz CT molecular complexity index is 1120. The lowest BCUT2D eigenvalue weighted by Crippen LogP contribution is -2.21. The first-order chi connectivity index (χ1) is 15.9. The van der Waals surface area contributed by atoms with E-state index in [-0.39, 0.29) is 12.8 Å². The maximum atomic E-state index is 12.0. The van der Waals surface area contributed by atoms with Crippen LogP contribution in [0.4, 0.5) is 11.4 Å². The first-order valence-corrected chi connectivity index (χ1v) is 10.7. The van der Waals surface area contributed by atoms with E-state index in [0.717, 1.165) is 0 Å². The van der Waals surface area contributed by atoms with E-state index in [4.69, 9.17) is 32.7 Å². The molecule has 9 heteroatoms. The fraction of sp³-hybridized carbons (Fsp3) is 0.125. The molecule has 0 aromatic heterocycles. The van der Waals surface area contributed by atoms with Gasteiger partial charge in [-0.15, -0.1) is 0 Å². The van der Waals surface area contributed by atoms with Crippen molar-refractivity contribution in [2.45, 2.75) is 12.8 Å². The zero-order valence-electron chi connectivity index (χ0n) is 17.3. The number of hydrogen-bond acceptors (Lipinski definition) is 5. The molecule has 0 spiro atoms. The molecular weight excluding hydrogens is 467 g/mol. The van der Waals surface area contributed by atoms with Gasteiger partial charge in [0, 0.05) is 17.1 Å². The van der Waals surface area contributed by atoms with Crippen LogP contribution >= 0.6 is 23.2 Å². The van der Waals surface area contributed by atoms with Gasteiger partial charge in [-0.05, 0) is 54.6 Å². The molecule has 0 heterocycles. The second-order valence-electron chi connectivity index (χ2n) is 6.82. The predicted octanol–water partition coefficient (Wildman–Crippen LogP) is 5.69. The number of nitrogens with one attached hydrogen (secondary N) is 2. The molecule has 33 heavy (non-hydrogen) atoms. The summed E-state index contributed by atoms with van der Waals surface area (Å²) >= 11 is 11.9. The van der Waals surface area contributed by atoms with Gasteiger partial charge in [-0.2, -0.15) is 0 Å². The lowest BCUT2D eigenvalue weighted by Gasteiger charge is -2.09. The molecule has 7 nitrogen and oxygen atoms in total. The van der Waals surface area contributed by atoms with Gasteiger partial charge in [0.25, 0.3) is 5.91 Å². The van der Waals surface area contributed by atoms with E-state index in [1.54, 1.807) is 36.4 Å². The molecule has 3 aromatic carbocycles. The smallest absolute Gasteiger partial charge is 0.306 e. The molecule has 0 aliphatic heterocycles. The molecule has 2 amide bonds. The summed E-state index contributed by atoms with van der Waals surface area (Å²) in [5.74, 6) is -0.300. The van der Waals surface area contributed by atoms with Crippen LogP contribution in [-0.4, -0.2) is 24.4 Å². The molecule has 0 saturated heterocycles. The molecular formula is C24H20Cl2N2O5. The molecule has 0 fully saturated rings. The molecule has 0 aliphatic carbocycles.